The van der Waals surface area contributed by atoms with Crippen molar-refractivity contribution in [2.24, 2.45) is 0 Å². The van der Waals surface area contributed by atoms with Crippen LogP contribution in [0.1, 0.15) is 36.8 Å². The van der Waals surface area contributed by atoms with E-state index in [0.29, 0.717) is 18.1 Å². The number of amides is 1. The largest absolute Gasteiger partial charge is 0.365 e. The number of hydrogen-bond acceptors (Lipinski definition) is 4. The van der Waals surface area contributed by atoms with Crippen LogP contribution in [0.25, 0.3) is 0 Å². The second-order valence-corrected chi connectivity index (χ2v) is 6.31. The molecule has 0 spiro atoms. The smallest absolute Gasteiger partial charge is 0.272 e. The van der Waals surface area contributed by atoms with Crippen molar-refractivity contribution in [1.82, 2.24) is 14.9 Å². The average molecular weight is 298 g/mol. The Bertz CT molecular complexity index is 635. The minimum Gasteiger partial charge on any atom is -0.365 e. The van der Waals surface area contributed by atoms with Crippen molar-refractivity contribution in [2.75, 3.05) is 12.4 Å². The first-order chi connectivity index (χ1) is 10.3. The first-order valence-electron chi connectivity index (χ1n) is 7.25. The van der Waals surface area contributed by atoms with Gasteiger partial charge in [-0.25, -0.2) is 9.97 Å². The van der Waals surface area contributed by atoms with E-state index < -0.39 is 0 Å². The number of rotatable bonds is 4. The molecule has 0 aliphatic rings. The molecule has 5 heteroatoms. The lowest BCUT2D eigenvalue weighted by atomic mass is 10.1. The summed E-state index contributed by atoms with van der Waals surface area (Å²) in [6.45, 7) is 6.67. The topological polar surface area (TPSA) is 58.1 Å². The van der Waals surface area contributed by atoms with Crippen LogP contribution < -0.4 is 5.32 Å². The maximum Gasteiger partial charge on any atom is 0.272 e. The second-order valence-electron chi connectivity index (χ2n) is 6.31. The van der Waals surface area contributed by atoms with Crippen molar-refractivity contribution in [2.45, 2.75) is 32.9 Å². The molecule has 22 heavy (non-hydrogen) atoms. The Hall–Kier alpha value is -2.43. The highest BCUT2D eigenvalue weighted by atomic mass is 16.2. The molecule has 2 rings (SSSR count). The minimum atomic E-state index is -0.122. The minimum absolute atomic E-state index is 0.120. The lowest BCUT2D eigenvalue weighted by Gasteiger charge is -2.22. The molecule has 1 aromatic heterocycles. The van der Waals surface area contributed by atoms with Gasteiger partial charge in [0.1, 0.15) is 17.8 Å². The van der Waals surface area contributed by atoms with E-state index in [1.165, 1.54) is 6.33 Å². The van der Waals surface area contributed by atoms with E-state index >= 15 is 0 Å². The van der Waals surface area contributed by atoms with E-state index in [0.717, 1.165) is 5.56 Å². The Morgan fingerprint density at radius 1 is 1.18 bits per heavy atom. The number of benzene rings is 1. The molecule has 1 heterocycles. The molecule has 0 unspecified atom stereocenters. The van der Waals surface area contributed by atoms with Crippen LogP contribution in [0, 0.1) is 0 Å². The Morgan fingerprint density at radius 3 is 2.50 bits per heavy atom. The van der Waals surface area contributed by atoms with Crippen LogP contribution in [0.2, 0.25) is 0 Å². The Labute approximate surface area is 131 Å². The summed E-state index contributed by atoms with van der Waals surface area (Å²) in [4.78, 5) is 22.4. The maximum atomic E-state index is 12.5. The first kappa shape index (κ1) is 15.9. The summed E-state index contributed by atoms with van der Waals surface area (Å²) in [5, 5.41) is 3.24. The zero-order valence-corrected chi connectivity index (χ0v) is 13.5. The van der Waals surface area contributed by atoms with Crippen molar-refractivity contribution >= 4 is 11.7 Å². The molecule has 0 aliphatic carbocycles. The Morgan fingerprint density at radius 2 is 1.86 bits per heavy atom. The van der Waals surface area contributed by atoms with Gasteiger partial charge in [0.2, 0.25) is 0 Å². The highest BCUT2D eigenvalue weighted by Gasteiger charge is 2.16. The summed E-state index contributed by atoms with van der Waals surface area (Å²) in [6.07, 6.45) is 1.41. The summed E-state index contributed by atoms with van der Waals surface area (Å²) in [7, 11) is 1.77. The summed E-state index contributed by atoms with van der Waals surface area (Å²) < 4.78 is 0. The van der Waals surface area contributed by atoms with Gasteiger partial charge < -0.3 is 10.2 Å². The van der Waals surface area contributed by atoms with Crippen molar-refractivity contribution in [1.29, 1.82) is 0 Å². The number of nitrogens with zero attached hydrogens (tertiary/aromatic N) is 3. The standard InChI is InChI=1S/C17H22N4O/c1-17(2,3)20-15-10-14(18-12-19-15)16(22)21(4)11-13-8-6-5-7-9-13/h5-10,12H,11H2,1-4H3,(H,18,19,20). The zero-order chi connectivity index (χ0) is 16.2. The molecule has 0 saturated carbocycles. The molecule has 0 aliphatic heterocycles. The van der Waals surface area contributed by atoms with Gasteiger partial charge in [-0.05, 0) is 26.3 Å². The molecule has 0 fully saturated rings. The van der Waals surface area contributed by atoms with E-state index in [9.17, 15) is 4.79 Å². The van der Waals surface area contributed by atoms with Gasteiger partial charge >= 0.3 is 0 Å². The van der Waals surface area contributed by atoms with Gasteiger partial charge in [0.25, 0.3) is 5.91 Å². The fraction of sp³-hybridized carbons (Fsp3) is 0.353. The van der Waals surface area contributed by atoms with Gasteiger partial charge in [0.05, 0.1) is 0 Å². The summed E-state index contributed by atoms with van der Waals surface area (Å²) in [5.74, 6) is 0.530. The fourth-order valence-corrected chi connectivity index (χ4v) is 2.05. The Balaban J connectivity index is 2.10. The van der Waals surface area contributed by atoms with Gasteiger partial charge in [-0.1, -0.05) is 30.3 Å². The quantitative estimate of drug-likeness (QED) is 0.943. The van der Waals surface area contributed by atoms with Crippen LogP contribution in [0.15, 0.2) is 42.7 Å². The van der Waals surface area contributed by atoms with Crippen LogP contribution in [-0.4, -0.2) is 33.4 Å². The molecule has 1 aromatic carbocycles. The van der Waals surface area contributed by atoms with E-state index in [4.69, 9.17) is 0 Å². The van der Waals surface area contributed by atoms with Crippen LogP contribution >= 0.6 is 0 Å². The molecule has 0 bridgehead atoms. The van der Waals surface area contributed by atoms with Crippen LogP contribution in [0.5, 0.6) is 0 Å². The molecular formula is C17H22N4O. The lowest BCUT2D eigenvalue weighted by Crippen LogP contribution is -2.29. The number of nitrogens with one attached hydrogen (secondary N) is 1. The third-order valence-electron chi connectivity index (χ3n) is 3.00. The van der Waals surface area contributed by atoms with E-state index in [1.54, 1.807) is 18.0 Å². The predicted molar refractivity (Wildman–Crippen MR) is 87.6 cm³/mol. The number of aromatic nitrogens is 2. The molecular weight excluding hydrogens is 276 g/mol. The SMILES string of the molecule is CN(Cc1ccccc1)C(=O)c1cc(NC(C)(C)C)ncn1. The lowest BCUT2D eigenvalue weighted by molar-refractivity contribution is 0.0779. The van der Waals surface area contributed by atoms with Crippen molar-refractivity contribution < 1.29 is 4.79 Å². The normalized spacial score (nSPS) is 11.1. The van der Waals surface area contributed by atoms with Gasteiger partial charge in [0, 0.05) is 25.2 Å². The third-order valence-corrected chi connectivity index (χ3v) is 3.00. The van der Waals surface area contributed by atoms with Crippen molar-refractivity contribution in [3.05, 3.63) is 54.0 Å². The van der Waals surface area contributed by atoms with Crippen LogP contribution in [0.3, 0.4) is 0 Å². The average Bonchev–Trinajstić information content (AvgIpc) is 2.46. The molecule has 5 nitrogen and oxygen atoms in total. The number of carbonyl (C=O) groups is 1. The second kappa shape index (κ2) is 6.56. The van der Waals surface area contributed by atoms with E-state index in [1.807, 2.05) is 51.1 Å². The Kier molecular flexibility index (Phi) is 4.75. The number of hydrogen-bond donors (Lipinski definition) is 1. The summed E-state index contributed by atoms with van der Waals surface area (Å²) in [6, 6.07) is 11.6. The van der Waals surface area contributed by atoms with Gasteiger partial charge in [-0.3, -0.25) is 4.79 Å². The molecule has 1 N–H and O–H groups in total. The monoisotopic (exact) mass is 298 g/mol. The maximum absolute atomic E-state index is 12.5. The zero-order valence-electron chi connectivity index (χ0n) is 13.5. The highest BCUT2D eigenvalue weighted by Crippen LogP contribution is 2.13. The fourth-order valence-electron chi connectivity index (χ4n) is 2.05. The highest BCUT2D eigenvalue weighted by molar-refractivity contribution is 5.92. The van der Waals surface area contributed by atoms with Crippen LogP contribution in [-0.2, 0) is 6.54 Å². The first-order valence-corrected chi connectivity index (χ1v) is 7.25. The van der Waals surface area contributed by atoms with Crippen molar-refractivity contribution in [3.63, 3.8) is 0 Å². The van der Waals surface area contributed by atoms with E-state index in [2.05, 4.69) is 15.3 Å². The van der Waals surface area contributed by atoms with Gasteiger partial charge in [-0.2, -0.15) is 0 Å². The van der Waals surface area contributed by atoms with Crippen molar-refractivity contribution in [3.8, 4) is 0 Å². The molecule has 116 valence electrons. The van der Waals surface area contributed by atoms with E-state index in [-0.39, 0.29) is 11.4 Å². The van der Waals surface area contributed by atoms with Gasteiger partial charge in [0.15, 0.2) is 0 Å². The molecule has 0 radical (unpaired) electrons. The van der Waals surface area contributed by atoms with Crippen LogP contribution in [0.4, 0.5) is 5.82 Å². The third kappa shape index (κ3) is 4.55. The molecule has 0 atom stereocenters. The summed E-state index contributed by atoms with van der Waals surface area (Å²) in [5.41, 5.74) is 1.35. The molecule has 1 amide bonds. The predicted octanol–water partition coefficient (Wildman–Crippen LogP) is 2.96. The molecule has 2 aromatic rings. The summed E-state index contributed by atoms with van der Waals surface area (Å²) >= 11 is 0. The van der Waals surface area contributed by atoms with Gasteiger partial charge in [-0.15, -0.1) is 0 Å². The number of anilines is 1. The molecule has 0 saturated heterocycles. The number of carbonyl (C=O) groups excluding carboxylic acids is 1.